The highest BCUT2D eigenvalue weighted by atomic mass is 16.4. The molecule has 116 valence electrons. The molecule has 1 unspecified atom stereocenters. The molecule has 0 radical (unpaired) electrons. The van der Waals surface area contributed by atoms with Crippen molar-refractivity contribution in [1.82, 2.24) is 10.6 Å². The molecule has 0 spiro atoms. The number of carboxylic acids is 1. The van der Waals surface area contributed by atoms with Crippen LogP contribution >= 0.6 is 0 Å². The van der Waals surface area contributed by atoms with E-state index in [0.717, 1.165) is 19.3 Å². The number of carbonyl (C=O) groups excluding carboxylic acids is 1. The van der Waals surface area contributed by atoms with Crippen molar-refractivity contribution in [3.8, 4) is 0 Å². The Morgan fingerprint density at radius 2 is 1.90 bits per heavy atom. The van der Waals surface area contributed by atoms with Crippen LogP contribution in [0.5, 0.6) is 0 Å². The highest BCUT2D eigenvalue weighted by molar-refractivity contribution is 5.75. The second-order valence-electron chi connectivity index (χ2n) is 6.39. The summed E-state index contributed by atoms with van der Waals surface area (Å²) in [6.07, 6.45) is 5.23. The Balaban J connectivity index is 2.18. The lowest BCUT2D eigenvalue weighted by molar-refractivity contribution is -0.141. The Morgan fingerprint density at radius 3 is 2.45 bits per heavy atom. The molecule has 0 heterocycles. The van der Waals surface area contributed by atoms with Crippen LogP contribution in [0.15, 0.2) is 0 Å². The summed E-state index contributed by atoms with van der Waals surface area (Å²) in [5, 5.41) is 14.7. The van der Waals surface area contributed by atoms with Crippen LogP contribution in [0.1, 0.15) is 59.3 Å². The zero-order valence-corrected chi connectivity index (χ0v) is 12.8. The third-order valence-corrected chi connectivity index (χ3v) is 3.91. The van der Waals surface area contributed by atoms with Gasteiger partial charge in [0.15, 0.2) is 0 Å². The van der Waals surface area contributed by atoms with Crippen LogP contribution in [0.3, 0.4) is 0 Å². The van der Waals surface area contributed by atoms with Crippen molar-refractivity contribution < 1.29 is 14.7 Å². The summed E-state index contributed by atoms with van der Waals surface area (Å²) in [6, 6.07) is -0.0116. The van der Waals surface area contributed by atoms with Crippen molar-refractivity contribution >= 4 is 12.0 Å². The number of carbonyl (C=O) groups is 2. The van der Waals surface area contributed by atoms with Gasteiger partial charge in [-0.15, -0.1) is 0 Å². The fourth-order valence-corrected chi connectivity index (χ4v) is 2.69. The smallest absolute Gasteiger partial charge is 0.315 e. The van der Waals surface area contributed by atoms with Gasteiger partial charge in [0, 0.05) is 12.1 Å². The average molecular weight is 284 g/mol. The van der Waals surface area contributed by atoms with E-state index in [9.17, 15) is 9.59 Å². The summed E-state index contributed by atoms with van der Waals surface area (Å²) in [5.74, 6) is -0.358. The van der Waals surface area contributed by atoms with Crippen molar-refractivity contribution in [2.24, 2.45) is 11.8 Å². The van der Waals surface area contributed by atoms with Gasteiger partial charge >= 0.3 is 12.0 Å². The predicted octanol–water partition coefficient (Wildman–Crippen LogP) is 2.75. The molecule has 0 aromatic rings. The third-order valence-electron chi connectivity index (χ3n) is 3.91. The number of hydrogen-bond acceptors (Lipinski definition) is 2. The number of amides is 2. The second-order valence-corrected chi connectivity index (χ2v) is 6.39. The number of aliphatic carboxylic acids is 1. The lowest BCUT2D eigenvalue weighted by Gasteiger charge is -2.18. The molecule has 5 heteroatoms. The van der Waals surface area contributed by atoms with Crippen LogP contribution < -0.4 is 10.6 Å². The van der Waals surface area contributed by atoms with Gasteiger partial charge in [0.25, 0.3) is 0 Å². The Kier molecular flexibility index (Phi) is 6.82. The van der Waals surface area contributed by atoms with Gasteiger partial charge in [0.2, 0.25) is 0 Å². The number of rotatable bonds is 7. The van der Waals surface area contributed by atoms with E-state index in [0.29, 0.717) is 18.8 Å². The first-order valence-corrected chi connectivity index (χ1v) is 7.68. The second kappa shape index (κ2) is 8.12. The van der Waals surface area contributed by atoms with Crippen LogP contribution in [0.2, 0.25) is 0 Å². The van der Waals surface area contributed by atoms with Crippen molar-refractivity contribution in [3.05, 3.63) is 0 Å². The first kappa shape index (κ1) is 16.8. The summed E-state index contributed by atoms with van der Waals surface area (Å²) in [6.45, 7) is 6.40. The highest BCUT2D eigenvalue weighted by Gasteiger charge is 2.30. The molecule has 20 heavy (non-hydrogen) atoms. The van der Waals surface area contributed by atoms with Crippen molar-refractivity contribution in [1.29, 1.82) is 0 Å². The summed E-state index contributed by atoms with van der Waals surface area (Å²) < 4.78 is 0. The Bertz CT molecular complexity index is 331. The van der Waals surface area contributed by atoms with Crippen LogP contribution in [0.25, 0.3) is 0 Å². The van der Waals surface area contributed by atoms with Crippen LogP contribution in [-0.2, 0) is 4.79 Å². The molecule has 1 saturated carbocycles. The minimum atomic E-state index is -0.753. The molecule has 1 fully saturated rings. The van der Waals surface area contributed by atoms with Gasteiger partial charge in [-0.3, -0.25) is 4.79 Å². The van der Waals surface area contributed by atoms with Gasteiger partial charge in [-0.05, 0) is 38.5 Å². The van der Waals surface area contributed by atoms with Crippen molar-refractivity contribution in [2.75, 3.05) is 0 Å². The van der Waals surface area contributed by atoms with Crippen molar-refractivity contribution in [2.45, 2.75) is 71.4 Å². The van der Waals surface area contributed by atoms with Gasteiger partial charge in [-0.1, -0.05) is 26.7 Å². The molecule has 1 rings (SSSR count). The molecule has 0 aromatic carbocycles. The normalized spacial score (nSPS) is 23.6. The van der Waals surface area contributed by atoms with Gasteiger partial charge in [-0.25, -0.2) is 4.79 Å². The molecular formula is C15H28N2O3. The average Bonchev–Trinajstić information content (AvgIpc) is 2.76. The fraction of sp³-hybridized carbons (Fsp3) is 0.867. The lowest BCUT2D eigenvalue weighted by atomic mass is 10.0. The van der Waals surface area contributed by atoms with Crippen LogP contribution in [-0.4, -0.2) is 29.2 Å². The number of hydrogen-bond donors (Lipinski definition) is 3. The monoisotopic (exact) mass is 284 g/mol. The molecule has 1 aliphatic rings. The Hall–Kier alpha value is -1.26. The topological polar surface area (TPSA) is 78.4 Å². The van der Waals surface area contributed by atoms with E-state index in [1.54, 1.807) is 0 Å². The lowest BCUT2D eigenvalue weighted by Crippen LogP contribution is -2.44. The Morgan fingerprint density at radius 1 is 1.20 bits per heavy atom. The van der Waals surface area contributed by atoms with Gasteiger partial charge in [-0.2, -0.15) is 0 Å². The number of carboxylic acid groups (broad SMARTS) is 1. The summed E-state index contributed by atoms with van der Waals surface area (Å²) in [7, 11) is 0. The van der Waals surface area contributed by atoms with E-state index in [-0.39, 0.29) is 24.0 Å². The van der Waals surface area contributed by atoms with Gasteiger partial charge < -0.3 is 15.7 Å². The summed E-state index contributed by atoms with van der Waals surface area (Å²) >= 11 is 0. The van der Waals surface area contributed by atoms with Crippen LogP contribution in [0, 0.1) is 11.8 Å². The number of nitrogens with one attached hydrogen (secondary N) is 2. The maximum atomic E-state index is 11.8. The van der Waals surface area contributed by atoms with E-state index in [4.69, 9.17) is 5.11 Å². The van der Waals surface area contributed by atoms with E-state index in [2.05, 4.69) is 24.5 Å². The molecule has 0 saturated heterocycles. The van der Waals surface area contributed by atoms with Gasteiger partial charge in [0.05, 0.1) is 5.92 Å². The molecule has 5 nitrogen and oxygen atoms in total. The molecule has 0 aromatic heterocycles. The molecule has 3 atom stereocenters. The van der Waals surface area contributed by atoms with Crippen LogP contribution in [0.4, 0.5) is 4.79 Å². The van der Waals surface area contributed by atoms with E-state index >= 15 is 0 Å². The first-order chi connectivity index (χ1) is 9.38. The zero-order valence-electron chi connectivity index (χ0n) is 12.8. The summed E-state index contributed by atoms with van der Waals surface area (Å²) in [5.41, 5.74) is 0. The zero-order chi connectivity index (χ0) is 15.1. The number of urea groups is 1. The largest absolute Gasteiger partial charge is 0.481 e. The minimum Gasteiger partial charge on any atom is -0.481 e. The fourth-order valence-electron chi connectivity index (χ4n) is 2.69. The maximum absolute atomic E-state index is 11.8. The van der Waals surface area contributed by atoms with E-state index in [1.807, 2.05) is 6.92 Å². The molecule has 0 aliphatic heterocycles. The highest BCUT2D eigenvalue weighted by Crippen LogP contribution is 2.25. The molecule has 0 bridgehead atoms. The molecule has 3 N–H and O–H groups in total. The standard InChI is InChI=1S/C15H28N2O3/c1-10(2)5-4-6-11(3)16-15(20)17-13-8-7-12(9-13)14(18)19/h10-13H,4-9H2,1-3H3,(H,18,19)(H2,16,17,20)/t11?,12-,13+/m1/s1. The molecule has 2 amide bonds. The molecule has 1 aliphatic carbocycles. The third kappa shape index (κ3) is 6.26. The first-order valence-electron chi connectivity index (χ1n) is 7.68. The van der Waals surface area contributed by atoms with Crippen molar-refractivity contribution in [3.63, 3.8) is 0 Å². The predicted molar refractivity (Wildman–Crippen MR) is 78.6 cm³/mol. The maximum Gasteiger partial charge on any atom is 0.315 e. The quantitative estimate of drug-likeness (QED) is 0.672. The SMILES string of the molecule is CC(C)CCCC(C)NC(=O)N[C@H]1CC[C@@H](C(=O)O)C1. The molecular weight excluding hydrogens is 256 g/mol. The van der Waals surface area contributed by atoms with Gasteiger partial charge in [0.1, 0.15) is 0 Å². The summed E-state index contributed by atoms with van der Waals surface area (Å²) in [4.78, 5) is 22.7. The van der Waals surface area contributed by atoms with E-state index in [1.165, 1.54) is 6.42 Å². The Labute approximate surface area is 121 Å². The van der Waals surface area contributed by atoms with E-state index < -0.39 is 5.97 Å². The minimum absolute atomic E-state index is 0.000959.